The summed E-state index contributed by atoms with van der Waals surface area (Å²) in [6.45, 7) is 4.27. The summed E-state index contributed by atoms with van der Waals surface area (Å²) in [5.74, 6) is -0.000757. The van der Waals surface area contributed by atoms with E-state index in [1.807, 2.05) is 0 Å². The molecule has 1 heterocycles. The van der Waals surface area contributed by atoms with E-state index in [-0.39, 0.29) is 34.7 Å². The van der Waals surface area contributed by atoms with Crippen LogP contribution in [0, 0.1) is 0 Å². The molecule has 0 bridgehead atoms. The molecule has 0 atom stereocenters. The average Bonchev–Trinajstić information content (AvgIpc) is 3.28. The lowest BCUT2D eigenvalue weighted by Gasteiger charge is -2.10. The molecular formula is C24H24ClN5O5S. The number of benzene rings is 2. The Balaban J connectivity index is 1.62. The Morgan fingerprint density at radius 3 is 2.50 bits per heavy atom. The summed E-state index contributed by atoms with van der Waals surface area (Å²) < 4.78 is 11.6. The highest BCUT2D eigenvalue weighted by Gasteiger charge is 2.16. The fourth-order valence-corrected chi connectivity index (χ4v) is 3.99. The number of esters is 1. The molecule has 10 nitrogen and oxygen atoms in total. The second-order valence-electron chi connectivity index (χ2n) is 7.23. The van der Waals surface area contributed by atoms with E-state index < -0.39 is 5.97 Å². The number of nitrogens with one attached hydrogen (secondary N) is 2. The van der Waals surface area contributed by atoms with Crippen LogP contribution >= 0.6 is 23.4 Å². The molecule has 188 valence electrons. The third-order valence-electron chi connectivity index (χ3n) is 4.86. The van der Waals surface area contributed by atoms with Crippen LogP contribution in [0.25, 0.3) is 0 Å². The van der Waals surface area contributed by atoms with Crippen molar-refractivity contribution in [2.24, 2.45) is 0 Å². The van der Waals surface area contributed by atoms with Gasteiger partial charge in [-0.1, -0.05) is 29.4 Å². The molecule has 0 fully saturated rings. The quantitative estimate of drug-likeness (QED) is 0.219. The molecule has 0 aliphatic heterocycles. The number of rotatable bonds is 11. The van der Waals surface area contributed by atoms with Gasteiger partial charge in [0.25, 0.3) is 5.91 Å². The summed E-state index contributed by atoms with van der Waals surface area (Å²) in [5, 5.41) is 14.5. The SMILES string of the molecule is C=CCn1c(CNC(=O)c2ccc(OC)cc2)nnc1SCC(=O)Nc1cc(C(=O)OC)ccc1Cl. The van der Waals surface area contributed by atoms with Gasteiger partial charge >= 0.3 is 5.97 Å². The zero-order valence-electron chi connectivity index (χ0n) is 19.6. The molecule has 0 aliphatic carbocycles. The van der Waals surface area contributed by atoms with E-state index in [4.69, 9.17) is 21.1 Å². The number of hydrogen-bond acceptors (Lipinski definition) is 8. The molecule has 1 aromatic heterocycles. The molecule has 0 unspecified atom stereocenters. The van der Waals surface area contributed by atoms with Crippen LogP contribution in [0.4, 0.5) is 5.69 Å². The zero-order chi connectivity index (χ0) is 26.1. The minimum absolute atomic E-state index is 0.00621. The van der Waals surface area contributed by atoms with Crippen molar-refractivity contribution in [3.8, 4) is 5.75 Å². The van der Waals surface area contributed by atoms with Crippen LogP contribution in [0.15, 0.2) is 60.3 Å². The van der Waals surface area contributed by atoms with Crippen molar-refractivity contribution in [3.63, 3.8) is 0 Å². The summed E-state index contributed by atoms with van der Waals surface area (Å²) in [6.07, 6.45) is 1.67. The predicted octanol–water partition coefficient (Wildman–Crippen LogP) is 3.57. The van der Waals surface area contributed by atoms with Gasteiger partial charge < -0.3 is 24.7 Å². The summed E-state index contributed by atoms with van der Waals surface area (Å²) in [7, 11) is 2.82. The van der Waals surface area contributed by atoms with E-state index >= 15 is 0 Å². The molecule has 3 rings (SSSR count). The average molecular weight is 530 g/mol. The van der Waals surface area contributed by atoms with E-state index in [1.165, 1.54) is 25.3 Å². The third kappa shape index (κ3) is 6.86. The number of hydrogen-bond donors (Lipinski definition) is 2. The van der Waals surface area contributed by atoms with Gasteiger partial charge in [0, 0.05) is 12.1 Å². The second kappa shape index (κ2) is 12.8. The van der Waals surface area contributed by atoms with Crippen molar-refractivity contribution in [1.29, 1.82) is 0 Å². The minimum atomic E-state index is -0.541. The Morgan fingerprint density at radius 2 is 1.83 bits per heavy atom. The van der Waals surface area contributed by atoms with Gasteiger partial charge in [-0.15, -0.1) is 16.8 Å². The molecule has 2 amide bonds. The highest BCUT2D eigenvalue weighted by molar-refractivity contribution is 7.99. The number of amides is 2. The topological polar surface area (TPSA) is 124 Å². The number of carbonyl (C=O) groups excluding carboxylic acids is 3. The molecule has 0 saturated carbocycles. The lowest BCUT2D eigenvalue weighted by atomic mass is 10.2. The molecule has 2 N–H and O–H groups in total. The Kier molecular flexibility index (Phi) is 9.48. The van der Waals surface area contributed by atoms with E-state index in [1.54, 1.807) is 42.0 Å². The molecule has 2 aromatic carbocycles. The number of ether oxygens (including phenoxy) is 2. The van der Waals surface area contributed by atoms with Crippen LogP contribution in [-0.2, 0) is 22.6 Å². The number of nitrogens with zero attached hydrogens (tertiary/aromatic N) is 3. The number of halogens is 1. The van der Waals surface area contributed by atoms with Gasteiger partial charge in [-0.2, -0.15) is 0 Å². The van der Waals surface area contributed by atoms with Crippen LogP contribution in [0.3, 0.4) is 0 Å². The van der Waals surface area contributed by atoms with E-state index in [9.17, 15) is 14.4 Å². The van der Waals surface area contributed by atoms with E-state index in [0.29, 0.717) is 34.5 Å². The van der Waals surface area contributed by atoms with Gasteiger partial charge in [0.1, 0.15) is 5.75 Å². The number of methoxy groups -OCH3 is 2. The van der Waals surface area contributed by atoms with Crippen LogP contribution in [0.1, 0.15) is 26.5 Å². The Hall–Kier alpha value is -3.83. The first-order valence-electron chi connectivity index (χ1n) is 10.6. The number of allylic oxidation sites excluding steroid dienone is 1. The molecule has 3 aromatic rings. The van der Waals surface area contributed by atoms with E-state index in [0.717, 1.165) is 11.8 Å². The summed E-state index contributed by atoms with van der Waals surface area (Å²) >= 11 is 7.30. The molecule has 0 saturated heterocycles. The summed E-state index contributed by atoms with van der Waals surface area (Å²) in [5.41, 5.74) is 1.03. The van der Waals surface area contributed by atoms with Gasteiger partial charge in [-0.05, 0) is 42.5 Å². The maximum Gasteiger partial charge on any atom is 0.337 e. The molecule has 36 heavy (non-hydrogen) atoms. The van der Waals surface area contributed by atoms with Crippen LogP contribution in [-0.4, -0.2) is 52.5 Å². The van der Waals surface area contributed by atoms with E-state index in [2.05, 4.69) is 27.4 Å². The number of thioether (sulfide) groups is 1. The molecular weight excluding hydrogens is 506 g/mol. The standard InChI is InChI=1S/C24H24ClN5O5S/c1-4-11-30-20(13-26-22(32)15-5-8-17(34-2)9-6-15)28-29-24(30)36-14-21(31)27-19-12-16(23(33)35-3)7-10-18(19)25/h4-10,12H,1,11,13-14H2,2-3H3,(H,26,32)(H,27,31). The van der Waals surface area contributed by atoms with Crippen LogP contribution in [0.5, 0.6) is 5.75 Å². The maximum absolute atomic E-state index is 12.5. The minimum Gasteiger partial charge on any atom is -0.497 e. The smallest absolute Gasteiger partial charge is 0.337 e. The fourth-order valence-electron chi connectivity index (χ4n) is 3.06. The largest absolute Gasteiger partial charge is 0.497 e. The Labute approximate surface area is 217 Å². The second-order valence-corrected chi connectivity index (χ2v) is 8.58. The van der Waals surface area contributed by atoms with Crippen molar-refractivity contribution in [3.05, 3.63) is 77.1 Å². The summed E-state index contributed by atoms with van der Waals surface area (Å²) in [4.78, 5) is 36.7. The van der Waals surface area contributed by atoms with Gasteiger partial charge in [0.05, 0.1) is 42.8 Å². The number of anilines is 1. The highest BCUT2D eigenvalue weighted by Crippen LogP contribution is 2.24. The van der Waals surface area contributed by atoms with Crippen molar-refractivity contribution < 1.29 is 23.9 Å². The first kappa shape index (κ1) is 26.8. The van der Waals surface area contributed by atoms with Gasteiger partial charge in [0.15, 0.2) is 11.0 Å². The predicted molar refractivity (Wildman–Crippen MR) is 137 cm³/mol. The Morgan fingerprint density at radius 1 is 1.11 bits per heavy atom. The number of carbonyl (C=O) groups is 3. The maximum atomic E-state index is 12.5. The first-order chi connectivity index (χ1) is 17.4. The molecule has 0 spiro atoms. The third-order valence-corrected chi connectivity index (χ3v) is 6.15. The summed E-state index contributed by atoms with van der Waals surface area (Å²) in [6, 6.07) is 11.2. The van der Waals surface area contributed by atoms with Gasteiger partial charge in [0.2, 0.25) is 5.91 Å². The molecule has 0 aliphatic rings. The van der Waals surface area contributed by atoms with Crippen LogP contribution < -0.4 is 15.4 Å². The lowest BCUT2D eigenvalue weighted by molar-refractivity contribution is -0.113. The first-order valence-corrected chi connectivity index (χ1v) is 12.0. The van der Waals surface area contributed by atoms with Crippen molar-refractivity contribution in [2.75, 3.05) is 25.3 Å². The zero-order valence-corrected chi connectivity index (χ0v) is 21.2. The van der Waals surface area contributed by atoms with Crippen molar-refractivity contribution in [2.45, 2.75) is 18.2 Å². The monoisotopic (exact) mass is 529 g/mol. The number of aromatic nitrogens is 3. The van der Waals surface area contributed by atoms with Gasteiger partial charge in [-0.3, -0.25) is 9.59 Å². The normalized spacial score (nSPS) is 10.4. The highest BCUT2D eigenvalue weighted by atomic mass is 35.5. The molecule has 12 heteroatoms. The van der Waals surface area contributed by atoms with Crippen molar-refractivity contribution >= 4 is 46.8 Å². The fraction of sp³-hybridized carbons (Fsp3) is 0.208. The lowest BCUT2D eigenvalue weighted by Crippen LogP contribution is -2.24. The molecule has 0 radical (unpaired) electrons. The van der Waals surface area contributed by atoms with Crippen molar-refractivity contribution in [1.82, 2.24) is 20.1 Å². The van der Waals surface area contributed by atoms with Crippen LogP contribution in [0.2, 0.25) is 5.02 Å². The Bertz CT molecular complexity index is 1260. The van der Waals surface area contributed by atoms with Gasteiger partial charge in [-0.25, -0.2) is 4.79 Å².